The SMILES string of the molecule is CCn1c(SCC(=O)Nc2cccc(OC)c2)nnc1-c1cccnc1. The number of nitrogens with one attached hydrogen (secondary N) is 1. The zero-order valence-corrected chi connectivity index (χ0v) is 15.4. The molecule has 0 fully saturated rings. The average molecular weight is 369 g/mol. The van der Waals surface area contributed by atoms with Gasteiger partial charge < -0.3 is 14.6 Å². The highest BCUT2D eigenvalue weighted by molar-refractivity contribution is 7.99. The van der Waals surface area contributed by atoms with Gasteiger partial charge >= 0.3 is 0 Å². The van der Waals surface area contributed by atoms with Crippen molar-refractivity contribution in [3.63, 3.8) is 0 Å². The molecule has 26 heavy (non-hydrogen) atoms. The predicted octanol–water partition coefficient (Wildman–Crippen LogP) is 3.10. The Labute approximate surface area is 155 Å². The van der Waals surface area contributed by atoms with Gasteiger partial charge in [-0.3, -0.25) is 9.78 Å². The number of thioether (sulfide) groups is 1. The molecule has 1 N–H and O–H groups in total. The third kappa shape index (κ3) is 4.20. The molecule has 0 aliphatic heterocycles. The molecule has 0 atom stereocenters. The molecule has 3 rings (SSSR count). The zero-order chi connectivity index (χ0) is 18.4. The van der Waals surface area contributed by atoms with Crippen LogP contribution in [0.2, 0.25) is 0 Å². The van der Waals surface area contributed by atoms with E-state index >= 15 is 0 Å². The molecule has 0 spiro atoms. The van der Waals surface area contributed by atoms with E-state index in [1.54, 1.807) is 25.6 Å². The summed E-state index contributed by atoms with van der Waals surface area (Å²) in [5.41, 5.74) is 1.59. The number of ether oxygens (including phenoxy) is 1. The van der Waals surface area contributed by atoms with E-state index in [4.69, 9.17) is 4.74 Å². The summed E-state index contributed by atoms with van der Waals surface area (Å²) in [4.78, 5) is 16.3. The van der Waals surface area contributed by atoms with Crippen LogP contribution in [0.25, 0.3) is 11.4 Å². The van der Waals surface area contributed by atoms with E-state index in [0.29, 0.717) is 23.1 Å². The van der Waals surface area contributed by atoms with Gasteiger partial charge in [0.1, 0.15) is 5.75 Å². The summed E-state index contributed by atoms with van der Waals surface area (Å²) in [6.45, 7) is 2.72. The molecule has 0 radical (unpaired) electrons. The number of hydrogen-bond donors (Lipinski definition) is 1. The van der Waals surface area contributed by atoms with E-state index in [9.17, 15) is 4.79 Å². The summed E-state index contributed by atoms with van der Waals surface area (Å²) in [6.07, 6.45) is 3.47. The van der Waals surface area contributed by atoms with Crippen LogP contribution in [-0.4, -0.2) is 38.5 Å². The lowest BCUT2D eigenvalue weighted by molar-refractivity contribution is -0.113. The largest absolute Gasteiger partial charge is 0.497 e. The number of rotatable bonds is 7. The molecule has 134 valence electrons. The van der Waals surface area contributed by atoms with Gasteiger partial charge in [-0.1, -0.05) is 17.8 Å². The number of pyridine rings is 1. The van der Waals surface area contributed by atoms with Crippen LogP contribution < -0.4 is 10.1 Å². The molecule has 0 saturated heterocycles. The minimum Gasteiger partial charge on any atom is -0.497 e. The first-order chi connectivity index (χ1) is 12.7. The summed E-state index contributed by atoms with van der Waals surface area (Å²) in [6, 6.07) is 11.0. The molecule has 0 bridgehead atoms. The highest BCUT2D eigenvalue weighted by atomic mass is 32.2. The number of anilines is 1. The first-order valence-corrected chi connectivity index (χ1v) is 9.10. The maximum absolute atomic E-state index is 12.2. The highest BCUT2D eigenvalue weighted by Crippen LogP contribution is 2.24. The lowest BCUT2D eigenvalue weighted by atomic mass is 10.3. The monoisotopic (exact) mass is 369 g/mol. The lowest BCUT2D eigenvalue weighted by Gasteiger charge is -2.08. The third-order valence-corrected chi connectivity index (χ3v) is 4.61. The van der Waals surface area contributed by atoms with Crippen LogP contribution in [0.4, 0.5) is 5.69 Å². The molecule has 1 amide bonds. The van der Waals surface area contributed by atoms with Gasteiger partial charge in [-0.05, 0) is 31.2 Å². The standard InChI is InChI=1S/C18H19N5O2S/c1-3-23-17(13-6-5-9-19-11-13)21-22-18(23)26-12-16(24)20-14-7-4-8-15(10-14)25-2/h4-11H,3,12H2,1-2H3,(H,20,24). The zero-order valence-electron chi connectivity index (χ0n) is 14.5. The molecule has 2 aromatic heterocycles. The molecule has 7 nitrogen and oxygen atoms in total. The third-order valence-electron chi connectivity index (χ3n) is 3.64. The Morgan fingerprint density at radius 2 is 2.15 bits per heavy atom. The first-order valence-electron chi connectivity index (χ1n) is 8.11. The van der Waals surface area contributed by atoms with Crippen LogP contribution in [0.1, 0.15) is 6.92 Å². The van der Waals surface area contributed by atoms with Crippen molar-refractivity contribution in [3.05, 3.63) is 48.8 Å². The molecular formula is C18H19N5O2S. The maximum atomic E-state index is 12.2. The molecule has 8 heteroatoms. The van der Waals surface area contributed by atoms with Gasteiger partial charge in [0.2, 0.25) is 5.91 Å². The fourth-order valence-corrected chi connectivity index (χ4v) is 3.22. The van der Waals surface area contributed by atoms with Gasteiger partial charge in [-0.25, -0.2) is 0 Å². The fraction of sp³-hybridized carbons (Fsp3) is 0.222. The number of hydrogen-bond acceptors (Lipinski definition) is 6. The van der Waals surface area contributed by atoms with Crippen LogP contribution in [0.5, 0.6) is 5.75 Å². The second kappa shape index (κ2) is 8.48. The Kier molecular flexibility index (Phi) is 5.85. The fourth-order valence-electron chi connectivity index (χ4n) is 2.42. The summed E-state index contributed by atoms with van der Waals surface area (Å²) < 4.78 is 7.13. The molecule has 0 saturated carbocycles. The van der Waals surface area contributed by atoms with E-state index in [2.05, 4.69) is 20.5 Å². The Bertz CT molecular complexity index is 882. The summed E-state index contributed by atoms with van der Waals surface area (Å²) >= 11 is 1.35. The minimum atomic E-state index is -0.114. The van der Waals surface area contributed by atoms with E-state index in [0.717, 1.165) is 11.4 Å². The van der Waals surface area contributed by atoms with Crippen molar-refractivity contribution in [2.24, 2.45) is 0 Å². The summed E-state index contributed by atoms with van der Waals surface area (Å²) in [7, 11) is 1.59. The van der Waals surface area contributed by atoms with Gasteiger partial charge in [-0.15, -0.1) is 10.2 Å². The van der Waals surface area contributed by atoms with E-state index in [1.165, 1.54) is 11.8 Å². The van der Waals surface area contributed by atoms with E-state index < -0.39 is 0 Å². The quantitative estimate of drug-likeness (QED) is 0.645. The number of carbonyl (C=O) groups excluding carboxylic acids is 1. The number of benzene rings is 1. The Balaban J connectivity index is 1.66. The van der Waals surface area contributed by atoms with Crippen molar-refractivity contribution >= 4 is 23.4 Å². The normalized spacial score (nSPS) is 10.5. The van der Waals surface area contributed by atoms with Crippen molar-refractivity contribution < 1.29 is 9.53 Å². The van der Waals surface area contributed by atoms with Crippen molar-refractivity contribution in [3.8, 4) is 17.1 Å². The van der Waals surface area contributed by atoms with Crippen molar-refractivity contribution in [1.82, 2.24) is 19.7 Å². The van der Waals surface area contributed by atoms with Crippen LogP contribution >= 0.6 is 11.8 Å². The molecule has 0 unspecified atom stereocenters. The van der Waals surface area contributed by atoms with Crippen molar-refractivity contribution in [1.29, 1.82) is 0 Å². The molecular weight excluding hydrogens is 350 g/mol. The minimum absolute atomic E-state index is 0.114. The molecule has 0 aliphatic rings. The van der Waals surface area contributed by atoms with Gasteiger partial charge in [-0.2, -0.15) is 0 Å². The number of carbonyl (C=O) groups is 1. The van der Waals surface area contributed by atoms with Gasteiger partial charge in [0, 0.05) is 36.3 Å². The average Bonchev–Trinajstić information content (AvgIpc) is 3.10. The second-order valence-electron chi connectivity index (χ2n) is 5.36. The number of nitrogens with zero attached hydrogens (tertiary/aromatic N) is 4. The molecule has 3 aromatic rings. The van der Waals surface area contributed by atoms with Gasteiger partial charge in [0.15, 0.2) is 11.0 Å². The number of methoxy groups -OCH3 is 1. The van der Waals surface area contributed by atoms with Crippen LogP contribution in [0, 0.1) is 0 Å². The smallest absolute Gasteiger partial charge is 0.234 e. The van der Waals surface area contributed by atoms with Crippen LogP contribution in [0.3, 0.4) is 0 Å². The topological polar surface area (TPSA) is 81.9 Å². The second-order valence-corrected chi connectivity index (χ2v) is 6.30. The summed E-state index contributed by atoms with van der Waals surface area (Å²) in [5.74, 6) is 1.57. The number of amides is 1. The van der Waals surface area contributed by atoms with Crippen molar-refractivity contribution in [2.45, 2.75) is 18.6 Å². The maximum Gasteiger partial charge on any atom is 0.234 e. The van der Waals surface area contributed by atoms with Crippen LogP contribution in [-0.2, 0) is 11.3 Å². The predicted molar refractivity (Wildman–Crippen MR) is 101 cm³/mol. The van der Waals surface area contributed by atoms with Crippen LogP contribution in [0.15, 0.2) is 53.9 Å². The van der Waals surface area contributed by atoms with E-state index in [1.807, 2.05) is 41.8 Å². The van der Waals surface area contributed by atoms with Gasteiger partial charge in [0.25, 0.3) is 0 Å². The number of aromatic nitrogens is 4. The molecule has 0 aliphatic carbocycles. The summed E-state index contributed by atoms with van der Waals surface area (Å²) in [5, 5.41) is 12.0. The Morgan fingerprint density at radius 1 is 1.27 bits per heavy atom. The van der Waals surface area contributed by atoms with Crippen molar-refractivity contribution in [2.75, 3.05) is 18.2 Å². The highest BCUT2D eigenvalue weighted by Gasteiger charge is 2.14. The Hall–Kier alpha value is -2.87. The first kappa shape index (κ1) is 17.9. The Morgan fingerprint density at radius 3 is 2.88 bits per heavy atom. The lowest BCUT2D eigenvalue weighted by Crippen LogP contribution is -2.14. The molecule has 2 heterocycles. The van der Waals surface area contributed by atoms with Gasteiger partial charge in [0.05, 0.1) is 12.9 Å². The molecule has 1 aromatic carbocycles. The van der Waals surface area contributed by atoms with E-state index in [-0.39, 0.29) is 11.7 Å².